The summed E-state index contributed by atoms with van der Waals surface area (Å²) in [5, 5.41) is 10.1. The van der Waals surface area contributed by atoms with E-state index >= 15 is 0 Å². The van der Waals surface area contributed by atoms with Gasteiger partial charge in [-0.25, -0.2) is 4.79 Å². The van der Waals surface area contributed by atoms with Crippen LogP contribution >= 0.6 is 0 Å². The van der Waals surface area contributed by atoms with Gasteiger partial charge in [-0.15, -0.1) is 0 Å². The summed E-state index contributed by atoms with van der Waals surface area (Å²) in [6.07, 6.45) is 1.04. The van der Waals surface area contributed by atoms with E-state index in [4.69, 9.17) is 10.1 Å². The number of alkyl carbamates (subject to hydrolysis) is 1. The summed E-state index contributed by atoms with van der Waals surface area (Å²) < 4.78 is 5.01. The molecule has 0 saturated heterocycles. The zero-order valence-electron chi connectivity index (χ0n) is 11.1. The zero-order chi connectivity index (χ0) is 15.1. The largest absolute Gasteiger partial charge is 0.444 e. The van der Waals surface area contributed by atoms with Crippen molar-refractivity contribution in [3.8, 4) is 0 Å². The first-order valence-electron chi connectivity index (χ1n) is 6.24. The molecule has 0 saturated carbocycles. The minimum Gasteiger partial charge on any atom is -0.444 e. The quantitative estimate of drug-likeness (QED) is 0.667. The van der Waals surface area contributed by atoms with Crippen LogP contribution in [0.1, 0.15) is 16.7 Å². The molecule has 2 N–H and O–H groups in total. The van der Waals surface area contributed by atoms with Gasteiger partial charge in [0.2, 0.25) is 6.29 Å². The van der Waals surface area contributed by atoms with Crippen LogP contribution in [-0.4, -0.2) is 18.2 Å². The number of rotatable bonds is 4. The topological polar surface area (TPSA) is 79.2 Å². The van der Waals surface area contributed by atoms with E-state index in [1.54, 1.807) is 18.4 Å². The standard InChI is InChI=1S/C16H13N2O3/c17-15(14-8-6-12(10-19)7-9-14)18-16(20)21-11-13-4-2-1-3-5-13/h1-9H,11H2,(H2,17,18,20). The van der Waals surface area contributed by atoms with Crippen molar-refractivity contribution in [2.45, 2.75) is 6.61 Å². The highest BCUT2D eigenvalue weighted by atomic mass is 16.5. The molecule has 105 valence electrons. The minimum atomic E-state index is -0.699. The molecule has 0 atom stereocenters. The lowest BCUT2D eigenvalue weighted by Crippen LogP contribution is -2.30. The number of ether oxygens (including phenoxy) is 1. The fraction of sp³-hybridized carbons (Fsp3) is 0.0625. The van der Waals surface area contributed by atoms with E-state index in [0.29, 0.717) is 11.1 Å². The van der Waals surface area contributed by atoms with E-state index < -0.39 is 6.09 Å². The highest BCUT2D eigenvalue weighted by Crippen LogP contribution is 2.03. The number of carbonyl (C=O) groups is 1. The fourth-order valence-electron chi connectivity index (χ4n) is 1.64. The second-order valence-corrected chi connectivity index (χ2v) is 4.24. The number of hydrogen-bond acceptors (Lipinski definition) is 4. The average molecular weight is 281 g/mol. The molecule has 2 aromatic carbocycles. The molecule has 0 aliphatic heterocycles. The number of hydrogen-bond donors (Lipinski definition) is 2. The third-order valence-electron chi connectivity index (χ3n) is 2.73. The molecule has 21 heavy (non-hydrogen) atoms. The fourth-order valence-corrected chi connectivity index (χ4v) is 1.64. The molecular weight excluding hydrogens is 268 g/mol. The van der Waals surface area contributed by atoms with Crippen molar-refractivity contribution in [2.24, 2.45) is 0 Å². The third-order valence-corrected chi connectivity index (χ3v) is 2.73. The smallest absolute Gasteiger partial charge is 0.413 e. The maximum absolute atomic E-state index is 11.6. The Morgan fingerprint density at radius 2 is 1.76 bits per heavy atom. The lowest BCUT2D eigenvalue weighted by atomic mass is 10.1. The van der Waals surface area contributed by atoms with Gasteiger partial charge in [0, 0.05) is 11.1 Å². The molecule has 0 bridgehead atoms. The molecule has 1 amide bonds. The summed E-state index contributed by atoms with van der Waals surface area (Å²) in [7, 11) is 0. The maximum atomic E-state index is 11.6. The Morgan fingerprint density at radius 3 is 2.38 bits per heavy atom. The summed E-state index contributed by atoms with van der Waals surface area (Å²) in [5.74, 6) is -0.0921. The summed E-state index contributed by atoms with van der Waals surface area (Å²) in [5.41, 5.74) is 1.73. The van der Waals surface area contributed by atoms with Gasteiger partial charge >= 0.3 is 6.09 Å². The average Bonchev–Trinajstić information content (AvgIpc) is 2.54. The molecule has 2 aromatic rings. The van der Waals surface area contributed by atoms with E-state index in [9.17, 15) is 9.59 Å². The van der Waals surface area contributed by atoms with Crippen LogP contribution in [0.25, 0.3) is 0 Å². The van der Waals surface area contributed by atoms with E-state index in [0.717, 1.165) is 5.56 Å². The number of amides is 1. The van der Waals surface area contributed by atoms with Crippen molar-refractivity contribution < 1.29 is 14.3 Å². The van der Waals surface area contributed by atoms with E-state index in [-0.39, 0.29) is 12.4 Å². The SMILES string of the molecule is N=C(NC(=O)OCc1ccccc1)c1ccc([C]=O)cc1. The molecule has 5 nitrogen and oxygen atoms in total. The highest BCUT2D eigenvalue weighted by molar-refractivity contribution is 6.04. The van der Waals surface area contributed by atoms with E-state index in [1.165, 1.54) is 12.1 Å². The summed E-state index contributed by atoms with van der Waals surface area (Å²) in [6.45, 7) is 0.138. The van der Waals surface area contributed by atoms with Crippen LogP contribution in [0, 0.1) is 5.41 Å². The lowest BCUT2D eigenvalue weighted by Gasteiger charge is -2.08. The van der Waals surface area contributed by atoms with Gasteiger partial charge in [0.1, 0.15) is 12.4 Å². The number of carbonyl (C=O) groups excluding carboxylic acids is 2. The first-order valence-corrected chi connectivity index (χ1v) is 6.24. The molecule has 0 heterocycles. The number of nitrogens with one attached hydrogen (secondary N) is 2. The van der Waals surface area contributed by atoms with Crippen LogP contribution in [0.5, 0.6) is 0 Å². The molecule has 0 unspecified atom stereocenters. The van der Waals surface area contributed by atoms with E-state index in [1.807, 2.05) is 30.3 Å². The van der Waals surface area contributed by atoms with Crippen LogP contribution in [0.15, 0.2) is 54.6 Å². The molecule has 2 rings (SSSR count). The molecule has 0 aliphatic rings. The molecule has 1 radical (unpaired) electrons. The van der Waals surface area contributed by atoms with Crippen LogP contribution in [0.2, 0.25) is 0 Å². The monoisotopic (exact) mass is 281 g/mol. The number of benzene rings is 2. The van der Waals surface area contributed by atoms with Gasteiger partial charge in [0.15, 0.2) is 0 Å². The molecule has 0 fully saturated rings. The Morgan fingerprint density at radius 1 is 1.10 bits per heavy atom. The molecular formula is C16H13N2O3. The Balaban J connectivity index is 1.86. The van der Waals surface area contributed by atoms with Crippen LogP contribution in [-0.2, 0) is 16.1 Å². The van der Waals surface area contributed by atoms with Crippen LogP contribution in [0.4, 0.5) is 4.79 Å². The van der Waals surface area contributed by atoms with Crippen molar-refractivity contribution in [1.82, 2.24) is 5.32 Å². The van der Waals surface area contributed by atoms with Crippen molar-refractivity contribution >= 4 is 18.2 Å². The normalized spacial score (nSPS) is 9.71. The highest BCUT2D eigenvalue weighted by Gasteiger charge is 2.08. The molecule has 0 aromatic heterocycles. The van der Waals surface area contributed by atoms with Crippen molar-refractivity contribution in [2.75, 3.05) is 0 Å². The second-order valence-electron chi connectivity index (χ2n) is 4.24. The van der Waals surface area contributed by atoms with Gasteiger partial charge in [-0.3, -0.25) is 15.5 Å². The predicted octanol–water partition coefficient (Wildman–Crippen LogP) is 2.40. The second kappa shape index (κ2) is 7.00. The van der Waals surface area contributed by atoms with Gasteiger partial charge < -0.3 is 4.74 Å². The first-order chi connectivity index (χ1) is 10.2. The summed E-state index contributed by atoms with van der Waals surface area (Å²) in [6, 6.07) is 15.4. The Hall–Kier alpha value is -2.95. The molecule has 5 heteroatoms. The molecule has 0 spiro atoms. The van der Waals surface area contributed by atoms with Crippen molar-refractivity contribution in [1.29, 1.82) is 5.41 Å². The Bertz CT molecular complexity index is 636. The predicted molar refractivity (Wildman–Crippen MR) is 77.8 cm³/mol. The third kappa shape index (κ3) is 4.28. The lowest BCUT2D eigenvalue weighted by molar-refractivity contribution is 0.145. The minimum absolute atomic E-state index is 0.0921. The summed E-state index contributed by atoms with van der Waals surface area (Å²) >= 11 is 0. The number of amidine groups is 1. The van der Waals surface area contributed by atoms with Gasteiger partial charge in [-0.2, -0.15) is 0 Å². The van der Waals surface area contributed by atoms with Crippen LogP contribution < -0.4 is 5.32 Å². The zero-order valence-corrected chi connectivity index (χ0v) is 11.1. The van der Waals surface area contributed by atoms with Crippen molar-refractivity contribution in [3.63, 3.8) is 0 Å². The first kappa shape index (κ1) is 14.5. The van der Waals surface area contributed by atoms with Crippen LogP contribution in [0.3, 0.4) is 0 Å². The van der Waals surface area contributed by atoms with E-state index in [2.05, 4.69) is 5.32 Å². The van der Waals surface area contributed by atoms with Gasteiger partial charge in [0.25, 0.3) is 0 Å². The molecule has 0 aliphatic carbocycles. The van der Waals surface area contributed by atoms with Gasteiger partial charge in [0.05, 0.1) is 0 Å². The van der Waals surface area contributed by atoms with Crippen molar-refractivity contribution in [3.05, 3.63) is 71.3 Å². The van der Waals surface area contributed by atoms with Gasteiger partial charge in [-0.1, -0.05) is 54.6 Å². The maximum Gasteiger partial charge on any atom is 0.413 e. The Labute approximate surface area is 122 Å². The van der Waals surface area contributed by atoms with Gasteiger partial charge in [-0.05, 0) is 5.56 Å². The Kier molecular flexibility index (Phi) is 4.82. The summed E-state index contributed by atoms with van der Waals surface area (Å²) in [4.78, 5) is 22.0.